The summed E-state index contributed by atoms with van der Waals surface area (Å²) in [5, 5.41) is 8.70. The van der Waals surface area contributed by atoms with Gasteiger partial charge in [-0.25, -0.2) is 9.13 Å². The topological polar surface area (TPSA) is 81.1 Å². The van der Waals surface area contributed by atoms with Crippen molar-refractivity contribution in [3.05, 3.63) is 36.7 Å². The van der Waals surface area contributed by atoms with Crippen LogP contribution in [0, 0.1) is 0 Å². The van der Waals surface area contributed by atoms with Crippen molar-refractivity contribution >= 4 is 23.2 Å². The van der Waals surface area contributed by atoms with Crippen LogP contribution in [0.2, 0.25) is 0 Å². The Morgan fingerprint density at radius 1 is 1.17 bits per heavy atom. The minimum absolute atomic E-state index is 0.249. The summed E-state index contributed by atoms with van der Waals surface area (Å²) < 4.78 is 3.72. The van der Waals surface area contributed by atoms with Gasteiger partial charge in [0.05, 0.1) is 26.5 Å². The maximum atomic E-state index is 8.70. The monoisotopic (exact) mass is 271 g/mol. The highest BCUT2D eigenvalue weighted by Crippen LogP contribution is 2.09. The Bertz CT molecular complexity index is 413. The molecule has 0 aliphatic rings. The molecule has 18 heavy (non-hydrogen) atoms. The van der Waals surface area contributed by atoms with Crippen LogP contribution in [0.15, 0.2) is 36.7 Å². The quantitative estimate of drug-likeness (QED) is 0.292. The predicted octanol–water partition coefficient (Wildman–Crippen LogP) is 1.26. The molecule has 0 atom stereocenters. The van der Waals surface area contributed by atoms with E-state index in [0.717, 1.165) is 5.95 Å². The zero-order valence-electron chi connectivity index (χ0n) is 10.8. The van der Waals surface area contributed by atoms with Crippen LogP contribution in [0.25, 0.3) is 0 Å². The van der Waals surface area contributed by atoms with Gasteiger partial charge in [0.1, 0.15) is 5.75 Å². The highest BCUT2D eigenvalue weighted by Gasteiger charge is 2.00. The van der Waals surface area contributed by atoms with Gasteiger partial charge in [-0.1, -0.05) is 0 Å². The summed E-state index contributed by atoms with van der Waals surface area (Å²) in [5.41, 5.74) is 11.5. The summed E-state index contributed by atoms with van der Waals surface area (Å²) in [6.45, 7) is 0. The lowest BCUT2D eigenvalue weighted by Crippen LogP contribution is -2.29. The Hall–Kier alpha value is -1.88. The van der Waals surface area contributed by atoms with Gasteiger partial charge in [-0.2, -0.15) is 0 Å². The number of benzene rings is 1. The van der Waals surface area contributed by atoms with E-state index in [1.54, 1.807) is 24.3 Å². The summed E-state index contributed by atoms with van der Waals surface area (Å²) in [6, 6.07) is 6.40. The molecule has 6 heteroatoms. The third-order valence-electron chi connectivity index (χ3n) is 2.13. The van der Waals surface area contributed by atoms with Gasteiger partial charge in [-0.05, 0) is 24.3 Å². The Morgan fingerprint density at radius 3 is 1.89 bits per heavy atom. The summed E-state index contributed by atoms with van der Waals surface area (Å²) in [5.74, 6) is 1.02. The maximum Gasteiger partial charge on any atom is 0.354 e. The first-order valence-electron chi connectivity index (χ1n) is 5.19. The number of nitrogens with two attached hydrogens (primary N) is 2. The molecule has 5 nitrogen and oxygen atoms in total. The van der Waals surface area contributed by atoms with E-state index < -0.39 is 0 Å². The molecule has 1 aromatic carbocycles. The van der Waals surface area contributed by atoms with E-state index in [2.05, 4.69) is 11.6 Å². The van der Waals surface area contributed by atoms with E-state index in [1.807, 2.05) is 35.6 Å². The summed E-state index contributed by atoms with van der Waals surface area (Å²) >= 11 is 4.64. The molecule has 0 amide bonds. The van der Waals surface area contributed by atoms with Crippen LogP contribution >= 0.6 is 11.6 Å². The normalized spacial score (nSPS) is 8.67. The van der Waals surface area contributed by atoms with E-state index in [9.17, 15) is 0 Å². The zero-order chi connectivity index (χ0) is 14.1. The smallest absolute Gasteiger partial charge is 0.354 e. The van der Waals surface area contributed by atoms with Crippen LogP contribution in [0.4, 0.5) is 11.6 Å². The minimum Gasteiger partial charge on any atom is -0.508 e. The van der Waals surface area contributed by atoms with E-state index >= 15 is 0 Å². The van der Waals surface area contributed by atoms with E-state index in [-0.39, 0.29) is 5.75 Å². The number of hydrogen-bond donors (Lipinski definition) is 3. The van der Waals surface area contributed by atoms with Crippen molar-refractivity contribution in [2.24, 2.45) is 14.1 Å². The number of nitrogens with zero attached hydrogens (tertiary/aromatic N) is 2. The second-order valence-corrected chi connectivity index (χ2v) is 3.47. The van der Waals surface area contributed by atoms with Crippen molar-refractivity contribution in [2.45, 2.75) is 0 Å². The van der Waals surface area contributed by atoms with Gasteiger partial charge in [0.15, 0.2) is 0 Å². The van der Waals surface area contributed by atoms with Gasteiger partial charge in [-0.15, -0.1) is 11.6 Å². The van der Waals surface area contributed by atoms with E-state index in [4.69, 9.17) is 16.6 Å². The molecule has 0 saturated heterocycles. The van der Waals surface area contributed by atoms with Crippen molar-refractivity contribution in [1.82, 2.24) is 4.57 Å². The number of anilines is 2. The van der Waals surface area contributed by atoms with Crippen LogP contribution in [0.1, 0.15) is 0 Å². The molecule has 0 saturated carbocycles. The number of phenols is 1. The molecule has 2 rings (SSSR count). The number of aromatic hydroxyl groups is 1. The maximum absolute atomic E-state index is 8.70. The van der Waals surface area contributed by atoms with Gasteiger partial charge in [0, 0.05) is 12.1 Å². The predicted molar refractivity (Wildman–Crippen MR) is 75.3 cm³/mol. The molecule has 100 valence electrons. The molecular weight excluding hydrogens is 252 g/mol. The third kappa shape index (κ3) is 5.45. The van der Waals surface area contributed by atoms with Crippen molar-refractivity contribution < 1.29 is 9.67 Å². The van der Waals surface area contributed by atoms with Gasteiger partial charge >= 0.3 is 5.95 Å². The lowest BCUT2D eigenvalue weighted by Gasteiger charge is -1.89. The fourth-order valence-corrected chi connectivity index (χ4v) is 1.08. The summed E-state index contributed by atoms with van der Waals surface area (Å²) in [7, 11) is 3.82. The molecule has 1 heterocycles. The summed E-state index contributed by atoms with van der Waals surface area (Å²) in [4.78, 5) is 0. The van der Waals surface area contributed by atoms with Crippen molar-refractivity contribution in [3.63, 3.8) is 0 Å². The number of aryl methyl sites for hydroxylation is 2. The number of imidazole rings is 1. The fraction of sp³-hybridized carbons (Fsp3) is 0.250. The van der Waals surface area contributed by atoms with E-state index in [1.165, 1.54) is 6.38 Å². The number of halogens is 1. The SMILES string of the molecule is CCl.Cn1cc[n+](C)c1N.Nc1ccc(O)cc1. The number of alkyl halides is 1. The molecule has 0 spiro atoms. The van der Waals surface area contributed by atoms with Crippen LogP contribution in [0.3, 0.4) is 0 Å². The number of phenolic OH excluding ortho intramolecular Hbond substituents is 1. The third-order valence-corrected chi connectivity index (χ3v) is 2.13. The lowest BCUT2D eigenvalue weighted by atomic mass is 10.3. The van der Waals surface area contributed by atoms with Crippen LogP contribution in [-0.4, -0.2) is 16.1 Å². The second kappa shape index (κ2) is 8.25. The van der Waals surface area contributed by atoms with E-state index in [0.29, 0.717) is 5.69 Å². The first-order chi connectivity index (χ1) is 8.50. The molecule has 0 aliphatic heterocycles. The number of aromatic nitrogens is 2. The Balaban J connectivity index is 0.000000283. The molecule has 0 unspecified atom stereocenters. The lowest BCUT2D eigenvalue weighted by molar-refractivity contribution is -0.655. The summed E-state index contributed by atoms with van der Waals surface area (Å²) in [6.07, 6.45) is 5.30. The Kier molecular flexibility index (Phi) is 7.38. The molecule has 0 aliphatic carbocycles. The molecule has 0 fully saturated rings. The first-order valence-corrected chi connectivity index (χ1v) is 5.95. The highest BCUT2D eigenvalue weighted by molar-refractivity contribution is 6.15. The Labute approximate surface area is 112 Å². The number of hydrogen-bond acceptors (Lipinski definition) is 3. The fourth-order valence-electron chi connectivity index (χ4n) is 1.08. The minimum atomic E-state index is 0.249. The van der Waals surface area contributed by atoms with Gasteiger partial charge in [0.2, 0.25) is 0 Å². The molecule has 2 aromatic rings. The van der Waals surface area contributed by atoms with Crippen molar-refractivity contribution in [1.29, 1.82) is 0 Å². The highest BCUT2D eigenvalue weighted by atomic mass is 35.5. The standard InChI is InChI=1S/C6H7NO.C5H9N3.CH3Cl/c7-5-1-3-6(8)4-2-5;1-7-3-4-8(2)5(7)6;1-2/h1-4,8H,7H2;3-4,6H,1-2H3;1H3/p+1. The molecule has 1 aromatic heterocycles. The van der Waals surface area contributed by atoms with Gasteiger partial charge in [0.25, 0.3) is 0 Å². The zero-order valence-corrected chi connectivity index (χ0v) is 11.6. The van der Waals surface area contributed by atoms with Gasteiger partial charge in [-0.3, -0.25) is 5.73 Å². The first kappa shape index (κ1) is 16.1. The van der Waals surface area contributed by atoms with Crippen molar-refractivity contribution in [2.75, 3.05) is 17.9 Å². The van der Waals surface area contributed by atoms with Gasteiger partial charge < -0.3 is 10.8 Å². The van der Waals surface area contributed by atoms with Crippen LogP contribution in [0.5, 0.6) is 5.75 Å². The average Bonchev–Trinajstić information content (AvgIpc) is 2.68. The second-order valence-electron chi connectivity index (χ2n) is 3.47. The average molecular weight is 272 g/mol. The van der Waals surface area contributed by atoms with Crippen molar-refractivity contribution in [3.8, 4) is 5.75 Å². The Morgan fingerprint density at radius 2 is 1.67 bits per heavy atom. The molecule has 5 N–H and O–H groups in total. The number of nitrogen functional groups attached to an aromatic ring is 2. The molecule has 0 radical (unpaired) electrons. The number of rotatable bonds is 0. The largest absolute Gasteiger partial charge is 0.508 e. The molecule has 0 bridgehead atoms. The van der Waals surface area contributed by atoms with Crippen LogP contribution in [-0.2, 0) is 14.1 Å². The molecular formula is C12H20ClN4O+. The van der Waals surface area contributed by atoms with Crippen LogP contribution < -0.4 is 16.0 Å².